The summed E-state index contributed by atoms with van der Waals surface area (Å²) in [6.07, 6.45) is 6.07. The van der Waals surface area contributed by atoms with Crippen LogP contribution in [0.4, 0.5) is 0 Å². The zero-order valence-corrected chi connectivity index (χ0v) is 13.5. The Kier molecular flexibility index (Phi) is 6.63. The highest BCUT2D eigenvalue weighted by molar-refractivity contribution is 6.34. The molecule has 1 fully saturated rings. The molecule has 2 unspecified atom stereocenters. The summed E-state index contributed by atoms with van der Waals surface area (Å²) in [6.45, 7) is 4.09. The summed E-state index contributed by atoms with van der Waals surface area (Å²) in [5.74, 6) is 0. The van der Waals surface area contributed by atoms with Crippen molar-refractivity contribution in [3.8, 4) is 0 Å². The van der Waals surface area contributed by atoms with E-state index in [1.807, 2.05) is 12.1 Å². The summed E-state index contributed by atoms with van der Waals surface area (Å²) in [6, 6.07) is 6.10. The summed E-state index contributed by atoms with van der Waals surface area (Å²) >= 11 is 12.2. The highest BCUT2D eigenvalue weighted by Crippen LogP contribution is 2.28. The van der Waals surface area contributed by atoms with E-state index in [9.17, 15) is 0 Å². The topological polar surface area (TPSA) is 21.3 Å². The van der Waals surface area contributed by atoms with Crippen LogP contribution in [-0.4, -0.2) is 19.3 Å². The number of rotatable bonds is 7. The molecule has 1 N–H and O–H groups in total. The van der Waals surface area contributed by atoms with Crippen molar-refractivity contribution < 1.29 is 4.74 Å². The van der Waals surface area contributed by atoms with Gasteiger partial charge in [0.15, 0.2) is 0 Å². The lowest BCUT2D eigenvalue weighted by Crippen LogP contribution is -2.23. The van der Waals surface area contributed by atoms with Crippen molar-refractivity contribution in [3.05, 3.63) is 33.8 Å². The molecule has 4 heteroatoms. The first kappa shape index (κ1) is 16.1. The molecule has 112 valence electrons. The van der Waals surface area contributed by atoms with Gasteiger partial charge in [-0.1, -0.05) is 30.1 Å². The molecule has 1 aromatic rings. The Morgan fingerprint density at radius 2 is 2.05 bits per heavy atom. The molecule has 0 aromatic heterocycles. The van der Waals surface area contributed by atoms with Crippen LogP contribution in [0.25, 0.3) is 0 Å². The average molecular weight is 316 g/mol. The summed E-state index contributed by atoms with van der Waals surface area (Å²) in [7, 11) is 0. The predicted molar refractivity (Wildman–Crippen MR) is 85.7 cm³/mol. The number of hydrogen-bond donors (Lipinski definition) is 1. The first-order chi connectivity index (χ1) is 9.69. The number of benzene rings is 1. The molecule has 2 nitrogen and oxygen atoms in total. The standard InChI is InChI=1S/C16H23Cl2NO/c1-2-7-19-16(6-5-15-4-3-8-20-15)12-9-13(17)11-14(18)10-12/h9-11,15-16,19H,2-8H2,1H3. The van der Waals surface area contributed by atoms with Gasteiger partial charge in [-0.05, 0) is 62.4 Å². The van der Waals surface area contributed by atoms with E-state index in [0.717, 1.165) is 32.4 Å². The van der Waals surface area contributed by atoms with Crippen molar-refractivity contribution in [2.24, 2.45) is 0 Å². The van der Waals surface area contributed by atoms with Crippen molar-refractivity contribution in [1.82, 2.24) is 5.32 Å². The fraction of sp³-hybridized carbons (Fsp3) is 0.625. The lowest BCUT2D eigenvalue weighted by molar-refractivity contribution is 0.0996. The Morgan fingerprint density at radius 3 is 2.65 bits per heavy atom. The molecular formula is C16H23Cl2NO. The Balaban J connectivity index is 2.00. The van der Waals surface area contributed by atoms with Crippen molar-refractivity contribution in [3.63, 3.8) is 0 Å². The second-order valence-corrected chi connectivity index (χ2v) is 6.29. The van der Waals surface area contributed by atoms with Gasteiger partial charge in [-0.3, -0.25) is 0 Å². The van der Waals surface area contributed by atoms with Gasteiger partial charge in [0.05, 0.1) is 6.10 Å². The van der Waals surface area contributed by atoms with Crippen LogP contribution in [0.15, 0.2) is 18.2 Å². The molecule has 20 heavy (non-hydrogen) atoms. The number of nitrogens with one attached hydrogen (secondary N) is 1. The van der Waals surface area contributed by atoms with E-state index < -0.39 is 0 Å². The fourth-order valence-electron chi connectivity index (χ4n) is 2.71. The number of hydrogen-bond acceptors (Lipinski definition) is 2. The number of halogens is 2. The maximum atomic E-state index is 6.12. The Bertz CT molecular complexity index is 399. The summed E-state index contributed by atoms with van der Waals surface area (Å²) in [5, 5.41) is 4.99. The second kappa shape index (κ2) is 8.23. The lowest BCUT2D eigenvalue weighted by Gasteiger charge is -2.21. The van der Waals surface area contributed by atoms with Gasteiger partial charge in [0.1, 0.15) is 0 Å². The van der Waals surface area contributed by atoms with Gasteiger partial charge in [0, 0.05) is 22.7 Å². The van der Waals surface area contributed by atoms with Gasteiger partial charge in [-0.15, -0.1) is 0 Å². The molecule has 2 rings (SSSR count). The molecule has 1 aliphatic rings. The van der Waals surface area contributed by atoms with Gasteiger partial charge in [0.2, 0.25) is 0 Å². The van der Waals surface area contributed by atoms with Crippen LogP contribution in [0, 0.1) is 0 Å². The maximum Gasteiger partial charge on any atom is 0.0576 e. The van der Waals surface area contributed by atoms with Crippen molar-refractivity contribution >= 4 is 23.2 Å². The maximum absolute atomic E-state index is 6.12. The van der Waals surface area contributed by atoms with Gasteiger partial charge < -0.3 is 10.1 Å². The summed E-state index contributed by atoms with van der Waals surface area (Å²) < 4.78 is 5.71. The summed E-state index contributed by atoms with van der Waals surface area (Å²) in [4.78, 5) is 0. The minimum absolute atomic E-state index is 0.301. The molecule has 0 aliphatic carbocycles. The molecule has 2 atom stereocenters. The molecule has 0 amide bonds. The van der Waals surface area contributed by atoms with E-state index >= 15 is 0 Å². The lowest BCUT2D eigenvalue weighted by atomic mass is 9.99. The predicted octanol–water partition coefficient (Wildman–Crippen LogP) is 4.99. The van der Waals surface area contributed by atoms with Crippen LogP contribution in [0.5, 0.6) is 0 Å². The normalized spacial score (nSPS) is 20.2. The van der Waals surface area contributed by atoms with Gasteiger partial charge in [-0.25, -0.2) is 0 Å². The minimum atomic E-state index is 0.301. The highest BCUT2D eigenvalue weighted by Gasteiger charge is 2.19. The molecule has 1 aromatic carbocycles. The van der Waals surface area contributed by atoms with Crippen molar-refractivity contribution in [2.75, 3.05) is 13.2 Å². The van der Waals surface area contributed by atoms with Crippen LogP contribution < -0.4 is 5.32 Å². The third-order valence-corrected chi connectivity index (χ3v) is 4.17. The Morgan fingerprint density at radius 1 is 1.30 bits per heavy atom. The first-order valence-electron chi connectivity index (χ1n) is 7.50. The molecule has 0 radical (unpaired) electrons. The van der Waals surface area contributed by atoms with Crippen LogP contribution in [-0.2, 0) is 4.74 Å². The molecule has 1 aliphatic heterocycles. The largest absolute Gasteiger partial charge is 0.378 e. The SMILES string of the molecule is CCCNC(CCC1CCCO1)c1cc(Cl)cc(Cl)c1. The van der Waals surface area contributed by atoms with E-state index in [4.69, 9.17) is 27.9 Å². The quantitative estimate of drug-likeness (QED) is 0.765. The Labute approximate surface area is 131 Å². The molecule has 0 bridgehead atoms. The van der Waals surface area contributed by atoms with E-state index in [-0.39, 0.29) is 0 Å². The number of ether oxygens (including phenoxy) is 1. The van der Waals surface area contributed by atoms with E-state index in [1.165, 1.54) is 18.4 Å². The third-order valence-electron chi connectivity index (χ3n) is 3.73. The fourth-order valence-corrected chi connectivity index (χ4v) is 3.25. The van der Waals surface area contributed by atoms with Gasteiger partial charge in [-0.2, -0.15) is 0 Å². The average Bonchev–Trinajstić information content (AvgIpc) is 2.91. The van der Waals surface area contributed by atoms with E-state index in [2.05, 4.69) is 12.2 Å². The van der Waals surface area contributed by atoms with Crippen LogP contribution in [0.2, 0.25) is 10.0 Å². The first-order valence-corrected chi connectivity index (χ1v) is 8.25. The van der Waals surface area contributed by atoms with Crippen molar-refractivity contribution in [2.45, 2.75) is 51.2 Å². The Hall–Kier alpha value is -0.280. The van der Waals surface area contributed by atoms with Crippen LogP contribution in [0.1, 0.15) is 50.6 Å². The minimum Gasteiger partial charge on any atom is -0.378 e. The molecular weight excluding hydrogens is 293 g/mol. The monoisotopic (exact) mass is 315 g/mol. The molecule has 1 saturated heterocycles. The summed E-state index contributed by atoms with van der Waals surface area (Å²) in [5.41, 5.74) is 1.17. The molecule has 0 saturated carbocycles. The smallest absolute Gasteiger partial charge is 0.0576 e. The van der Waals surface area contributed by atoms with Gasteiger partial charge in [0.25, 0.3) is 0 Å². The molecule has 1 heterocycles. The van der Waals surface area contributed by atoms with Crippen LogP contribution in [0.3, 0.4) is 0 Å². The zero-order valence-electron chi connectivity index (χ0n) is 12.0. The molecule has 0 spiro atoms. The van der Waals surface area contributed by atoms with Gasteiger partial charge >= 0.3 is 0 Å². The zero-order chi connectivity index (χ0) is 14.4. The second-order valence-electron chi connectivity index (χ2n) is 5.42. The third kappa shape index (κ3) is 4.92. The highest BCUT2D eigenvalue weighted by atomic mass is 35.5. The van der Waals surface area contributed by atoms with Crippen LogP contribution >= 0.6 is 23.2 Å². The van der Waals surface area contributed by atoms with E-state index in [1.54, 1.807) is 6.07 Å². The van der Waals surface area contributed by atoms with Crippen molar-refractivity contribution in [1.29, 1.82) is 0 Å². The van der Waals surface area contributed by atoms with E-state index in [0.29, 0.717) is 22.2 Å².